The number of Topliss-reactive ketones (excluding diaryl/α,β-unsaturated/α-hetero) is 1. The number of ketones is 1. The minimum Gasteiger partial charge on any atom is -0.485 e. The molecule has 0 aliphatic carbocycles. The molecule has 2 aliphatic rings. The summed E-state index contributed by atoms with van der Waals surface area (Å²) >= 11 is 0. The number of anilines is 1. The Bertz CT molecular complexity index is 1070. The standard InChI is InChI=1S/C26H30N2O6/c1-16-6-4-7-17(2)25(16)34-14-22(29)19-9-10-23-21(12-19)28(24(30)15-33-23)18(3)26(31)27-13-20-8-5-11-32-20/h4,6-7,9-10,12,18,20H,5,8,11,13-15H2,1-3H3,(H,27,31)/t18-,20+/m0/s1. The van der Waals surface area contributed by atoms with Crippen molar-refractivity contribution in [2.45, 2.75) is 45.8 Å². The smallest absolute Gasteiger partial charge is 0.265 e. The molecule has 0 aromatic heterocycles. The zero-order valence-electron chi connectivity index (χ0n) is 19.8. The monoisotopic (exact) mass is 466 g/mol. The van der Waals surface area contributed by atoms with Crippen LogP contribution in [0, 0.1) is 13.8 Å². The largest absolute Gasteiger partial charge is 0.485 e. The molecule has 180 valence electrons. The zero-order chi connectivity index (χ0) is 24.2. The summed E-state index contributed by atoms with van der Waals surface area (Å²) in [4.78, 5) is 39.8. The maximum Gasteiger partial charge on any atom is 0.265 e. The fourth-order valence-corrected chi connectivity index (χ4v) is 4.30. The molecule has 2 aliphatic heterocycles. The molecule has 1 N–H and O–H groups in total. The first-order valence-corrected chi connectivity index (χ1v) is 11.6. The van der Waals surface area contributed by atoms with Crippen molar-refractivity contribution in [3.8, 4) is 11.5 Å². The Balaban J connectivity index is 1.49. The van der Waals surface area contributed by atoms with Crippen molar-refractivity contribution < 1.29 is 28.6 Å². The molecular weight excluding hydrogens is 436 g/mol. The third-order valence-electron chi connectivity index (χ3n) is 6.21. The van der Waals surface area contributed by atoms with E-state index >= 15 is 0 Å². The van der Waals surface area contributed by atoms with Crippen LogP contribution in [0.1, 0.15) is 41.3 Å². The van der Waals surface area contributed by atoms with Crippen LogP contribution in [0.25, 0.3) is 0 Å². The SMILES string of the molecule is Cc1cccc(C)c1OCC(=O)c1ccc2c(c1)N([C@@H](C)C(=O)NC[C@H]1CCCO1)C(=O)CO2. The van der Waals surface area contributed by atoms with Crippen LogP contribution < -0.4 is 19.7 Å². The van der Waals surface area contributed by atoms with Gasteiger partial charge in [0, 0.05) is 18.7 Å². The lowest BCUT2D eigenvalue weighted by molar-refractivity contribution is -0.127. The molecule has 0 unspecified atom stereocenters. The summed E-state index contributed by atoms with van der Waals surface area (Å²) in [6.07, 6.45) is 1.89. The Morgan fingerprint density at radius 1 is 1.21 bits per heavy atom. The fourth-order valence-electron chi connectivity index (χ4n) is 4.30. The van der Waals surface area contributed by atoms with Gasteiger partial charge in [-0.3, -0.25) is 19.3 Å². The van der Waals surface area contributed by atoms with E-state index in [1.165, 1.54) is 4.90 Å². The van der Waals surface area contributed by atoms with Crippen LogP contribution in [-0.2, 0) is 14.3 Å². The lowest BCUT2D eigenvalue weighted by Gasteiger charge is -2.33. The van der Waals surface area contributed by atoms with Gasteiger partial charge in [-0.2, -0.15) is 0 Å². The fraction of sp³-hybridized carbons (Fsp3) is 0.423. The number of nitrogens with zero attached hydrogens (tertiary/aromatic N) is 1. The summed E-state index contributed by atoms with van der Waals surface area (Å²) in [7, 11) is 0. The number of carbonyl (C=O) groups is 3. The molecule has 0 bridgehead atoms. The molecule has 0 radical (unpaired) electrons. The average Bonchev–Trinajstić information content (AvgIpc) is 3.35. The second kappa shape index (κ2) is 10.3. The van der Waals surface area contributed by atoms with Crippen molar-refractivity contribution in [2.24, 2.45) is 0 Å². The van der Waals surface area contributed by atoms with Gasteiger partial charge in [0.15, 0.2) is 19.0 Å². The summed E-state index contributed by atoms with van der Waals surface area (Å²) in [6, 6.07) is 9.91. The van der Waals surface area contributed by atoms with Crippen LogP contribution in [0.2, 0.25) is 0 Å². The van der Waals surface area contributed by atoms with Crippen molar-refractivity contribution in [1.29, 1.82) is 0 Å². The first-order chi connectivity index (χ1) is 16.3. The number of fused-ring (bicyclic) bond motifs is 1. The van der Waals surface area contributed by atoms with Gasteiger partial charge in [-0.15, -0.1) is 0 Å². The number of ether oxygens (including phenoxy) is 3. The molecule has 2 heterocycles. The van der Waals surface area contributed by atoms with E-state index in [0.29, 0.717) is 35.9 Å². The summed E-state index contributed by atoms with van der Waals surface area (Å²) in [6.45, 7) is 6.32. The first kappa shape index (κ1) is 23.8. The van der Waals surface area contributed by atoms with Crippen molar-refractivity contribution in [2.75, 3.05) is 31.3 Å². The van der Waals surface area contributed by atoms with Crippen LogP contribution in [0.3, 0.4) is 0 Å². The molecule has 2 aromatic carbocycles. The Morgan fingerprint density at radius 2 is 1.97 bits per heavy atom. The van der Waals surface area contributed by atoms with Gasteiger partial charge in [0.05, 0.1) is 11.8 Å². The molecule has 8 heteroatoms. The summed E-state index contributed by atoms with van der Waals surface area (Å²) < 4.78 is 16.9. The van der Waals surface area contributed by atoms with Gasteiger partial charge in [0.2, 0.25) is 5.91 Å². The van der Waals surface area contributed by atoms with Gasteiger partial charge in [-0.1, -0.05) is 18.2 Å². The van der Waals surface area contributed by atoms with Crippen molar-refractivity contribution in [1.82, 2.24) is 5.32 Å². The maximum absolute atomic E-state index is 12.9. The molecule has 2 atom stereocenters. The Kier molecular flexibility index (Phi) is 7.17. The van der Waals surface area contributed by atoms with Gasteiger partial charge in [0.25, 0.3) is 5.91 Å². The molecule has 2 amide bonds. The maximum atomic E-state index is 12.9. The van der Waals surface area contributed by atoms with Crippen LogP contribution in [0.4, 0.5) is 5.69 Å². The van der Waals surface area contributed by atoms with E-state index in [-0.39, 0.29) is 36.9 Å². The van der Waals surface area contributed by atoms with E-state index in [1.807, 2.05) is 32.0 Å². The molecule has 34 heavy (non-hydrogen) atoms. The molecule has 8 nitrogen and oxygen atoms in total. The van der Waals surface area contributed by atoms with Crippen molar-refractivity contribution in [3.63, 3.8) is 0 Å². The summed E-state index contributed by atoms with van der Waals surface area (Å²) in [5.74, 6) is 0.269. The first-order valence-electron chi connectivity index (χ1n) is 11.6. The van der Waals surface area contributed by atoms with Gasteiger partial charge in [0.1, 0.15) is 17.5 Å². The predicted molar refractivity (Wildman–Crippen MR) is 127 cm³/mol. The number of amides is 2. The summed E-state index contributed by atoms with van der Waals surface area (Å²) in [5, 5.41) is 2.87. The van der Waals surface area contributed by atoms with Gasteiger partial charge in [-0.05, 0) is 62.9 Å². The van der Waals surface area contributed by atoms with Gasteiger partial charge < -0.3 is 19.5 Å². The molecule has 1 fully saturated rings. The number of rotatable bonds is 8. The molecule has 1 saturated heterocycles. The van der Waals surface area contributed by atoms with E-state index in [0.717, 1.165) is 24.0 Å². The van der Waals surface area contributed by atoms with E-state index in [4.69, 9.17) is 14.2 Å². The van der Waals surface area contributed by atoms with Crippen LogP contribution in [0.15, 0.2) is 36.4 Å². The second-order valence-corrected chi connectivity index (χ2v) is 8.72. The number of aryl methyl sites for hydroxylation is 2. The van der Waals surface area contributed by atoms with Crippen LogP contribution in [-0.4, -0.2) is 56.1 Å². The van der Waals surface area contributed by atoms with Gasteiger partial charge in [-0.25, -0.2) is 0 Å². The van der Waals surface area contributed by atoms with E-state index in [9.17, 15) is 14.4 Å². The summed E-state index contributed by atoms with van der Waals surface area (Å²) in [5.41, 5.74) is 2.67. The lowest BCUT2D eigenvalue weighted by Crippen LogP contribution is -2.52. The quantitative estimate of drug-likeness (QED) is 0.601. The number of nitrogens with one attached hydrogen (secondary N) is 1. The second-order valence-electron chi connectivity index (χ2n) is 8.72. The average molecular weight is 467 g/mol. The number of hydrogen-bond donors (Lipinski definition) is 1. The Hall–Kier alpha value is -3.39. The topological polar surface area (TPSA) is 94.2 Å². The minimum absolute atomic E-state index is 0.00457. The Labute approximate surface area is 199 Å². The molecule has 2 aromatic rings. The van der Waals surface area contributed by atoms with E-state index < -0.39 is 6.04 Å². The van der Waals surface area contributed by atoms with Crippen molar-refractivity contribution in [3.05, 3.63) is 53.1 Å². The predicted octanol–water partition coefficient (Wildman–Crippen LogP) is 2.97. The highest BCUT2D eigenvalue weighted by Crippen LogP contribution is 2.34. The van der Waals surface area contributed by atoms with Crippen LogP contribution >= 0.6 is 0 Å². The number of hydrogen-bond acceptors (Lipinski definition) is 6. The minimum atomic E-state index is -0.771. The van der Waals surface area contributed by atoms with Crippen molar-refractivity contribution >= 4 is 23.3 Å². The highest BCUT2D eigenvalue weighted by atomic mass is 16.5. The number of para-hydroxylation sites is 1. The Morgan fingerprint density at radius 3 is 2.68 bits per heavy atom. The molecule has 4 rings (SSSR count). The van der Waals surface area contributed by atoms with E-state index in [1.54, 1.807) is 25.1 Å². The molecular formula is C26H30N2O6. The molecule has 0 spiro atoms. The third-order valence-corrected chi connectivity index (χ3v) is 6.21. The highest BCUT2D eigenvalue weighted by molar-refractivity contribution is 6.05. The zero-order valence-corrected chi connectivity index (χ0v) is 19.8. The normalized spacial score (nSPS) is 18.1. The number of benzene rings is 2. The molecule has 0 saturated carbocycles. The lowest BCUT2D eigenvalue weighted by atomic mass is 10.1. The number of carbonyl (C=O) groups excluding carboxylic acids is 3. The van der Waals surface area contributed by atoms with E-state index in [2.05, 4.69) is 5.32 Å². The third kappa shape index (κ3) is 5.07. The van der Waals surface area contributed by atoms with Crippen LogP contribution in [0.5, 0.6) is 11.5 Å². The highest BCUT2D eigenvalue weighted by Gasteiger charge is 2.34. The van der Waals surface area contributed by atoms with Gasteiger partial charge >= 0.3 is 0 Å².